The lowest BCUT2D eigenvalue weighted by atomic mass is 9.90. The van der Waals surface area contributed by atoms with E-state index in [1.165, 1.54) is 10.6 Å². The van der Waals surface area contributed by atoms with E-state index in [2.05, 4.69) is 10.3 Å². The number of carbonyl (C=O) groups excluding carboxylic acids is 1. The summed E-state index contributed by atoms with van der Waals surface area (Å²) >= 11 is 1.73. The third-order valence-electron chi connectivity index (χ3n) is 3.70. The van der Waals surface area contributed by atoms with Gasteiger partial charge in [0.15, 0.2) is 0 Å². The first-order valence-electron chi connectivity index (χ1n) is 6.94. The van der Waals surface area contributed by atoms with E-state index in [0.29, 0.717) is 0 Å². The van der Waals surface area contributed by atoms with Gasteiger partial charge in [-0.15, -0.1) is 11.3 Å². The van der Waals surface area contributed by atoms with Crippen LogP contribution in [0, 0.1) is 19.8 Å². The second-order valence-electron chi connectivity index (χ2n) is 5.40. The Hall–Kier alpha value is -1.68. The van der Waals surface area contributed by atoms with Crippen molar-refractivity contribution in [2.75, 3.05) is 5.32 Å². The third kappa shape index (κ3) is 2.75. The first-order valence-corrected chi connectivity index (χ1v) is 7.76. The Kier molecular flexibility index (Phi) is 3.57. The van der Waals surface area contributed by atoms with Crippen molar-refractivity contribution in [3.05, 3.63) is 45.4 Å². The van der Waals surface area contributed by atoms with Crippen molar-refractivity contribution in [1.82, 2.24) is 4.98 Å². The molecule has 1 N–H and O–H groups in total. The van der Waals surface area contributed by atoms with Crippen LogP contribution in [-0.2, 0) is 17.6 Å². The number of nitrogens with one attached hydrogen (secondary N) is 1. The summed E-state index contributed by atoms with van der Waals surface area (Å²) in [6, 6.07) is 7.94. The molecule has 0 spiro atoms. The van der Waals surface area contributed by atoms with Gasteiger partial charge >= 0.3 is 0 Å². The lowest BCUT2D eigenvalue weighted by Gasteiger charge is -2.20. The number of aromatic nitrogens is 1. The first kappa shape index (κ1) is 13.3. The van der Waals surface area contributed by atoms with E-state index in [-0.39, 0.29) is 11.8 Å². The van der Waals surface area contributed by atoms with Crippen LogP contribution in [0.25, 0.3) is 0 Å². The number of anilines is 1. The molecule has 0 saturated heterocycles. The molecule has 0 saturated carbocycles. The van der Waals surface area contributed by atoms with E-state index in [1.54, 1.807) is 11.3 Å². The normalized spacial score (nSPS) is 17.6. The van der Waals surface area contributed by atoms with Gasteiger partial charge in [0.1, 0.15) is 0 Å². The molecule has 104 valence electrons. The van der Waals surface area contributed by atoms with Gasteiger partial charge in [0, 0.05) is 16.5 Å². The lowest BCUT2D eigenvalue weighted by Crippen LogP contribution is -2.27. The van der Waals surface area contributed by atoms with E-state index in [1.807, 2.05) is 38.1 Å². The summed E-state index contributed by atoms with van der Waals surface area (Å²) < 4.78 is 0. The molecule has 0 radical (unpaired) electrons. The average Bonchev–Trinajstić information content (AvgIpc) is 2.77. The number of aryl methyl sites for hydroxylation is 3. The number of hydrogen-bond acceptors (Lipinski definition) is 3. The molecule has 3 nitrogen and oxygen atoms in total. The number of amides is 1. The monoisotopic (exact) mass is 286 g/mol. The van der Waals surface area contributed by atoms with Crippen LogP contribution in [-0.4, -0.2) is 10.9 Å². The Morgan fingerprint density at radius 1 is 1.40 bits per heavy atom. The van der Waals surface area contributed by atoms with Crippen LogP contribution >= 0.6 is 11.3 Å². The number of hydrogen-bond donors (Lipinski definition) is 1. The van der Waals surface area contributed by atoms with E-state index < -0.39 is 0 Å². The zero-order valence-corrected chi connectivity index (χ0v) is 12.6. The summed E-state index contributed by atoms with van der Waals surface area (Å²) in [6.45, 7) is 4.06. The Labute approximate surface area is 123 Å². The van der Waals surface area contributed by atoms with Crippen molar-refractivity contribution in [3.63, 3.8) is 0 Å². The fourth-order valence-corrected chi connectivity index (χ4v) is 3.76. The molecule has 0 aliphatic heterocycles. The zero-order valence-electron chi connectivity index (χ0n) is 11.8. The molecule has 1 atom stereocenters. The smallest absolute Gasteiger partial charge is 0.227 e. The third-order valence-corrected chi connectivity index (χ3v) is 4.74. The number of nitrogens with zero attached hydrogens (tertiary/aromatic N) is 1. The van der Waals surface area contributed by atoms with E-state index in [4.69, 9.17) is 0 Å². The van der Waals surface area contributed by atoms with Gasteiger partial charge in [0.2, 0.25) is 5.91 Å². The predicted molar refractivity (Wildman–Crippen MR) is 82.2 cm³/mol. The number of carbonyl (C=O) groups is 1. The summed E-state index contributed by atoms with van der Waals surface area (Å²) in [5.41, 5.74) is 3.25. The molecule has 4 heteroatoms. The number of fused-ring (bicyclic) bond motifs is 1. The lowest BCUT2D eigenvalue weighted by molar-refractivity contribution is -0.120. The van der Waals surface area contributed by atoms with Gasteiger partial charge in [0.05, 0.1) is 10.7 Å². The SMILES string of the molecule is Cc1cccc(NC(=O)C2CCc3nc(C)sc3C2)c1. The highest BCUT2D eigenvalue weighted by Gasteiger charge is 2.27. The Bertz CT molecular complexity index is 648. The highest BCUT2D eigenvalue weighted by molar-refractivity contribution is 7.11. The minimum atomic E-state index is 0.0721. The summed E-state index contributed by atoms with van der Waals surface area (Å²) in [5.74, 6) is 0.204. The Morgan fingerprint density at radius 2 is 2.25 bits per heavy atom. The fourth-order valence-electron chi connectivity index (χ4n) is 2.69. The van der Waals surface area contributed by atoms with Crippen molar-refractivity contribution in [3.8, 4) is 0 Å². The molecule has 0 fully saturated rings. The Balaban J connectivity index is 1.70. The number of rotatable bonds is 2. The largest absolute Gasteiger partial charge is 0.326 e. The standard InChI is InChI=1S/C16H18N2OS/c1-10-4-3-5-13(8-10)18-16(19)12-6-7-14-15(9-12)20-11(2)17-14/h3-5,8,12H,6-7,9H2,1-2H3,(H,18,19). The van der Waals surface area contributed by atoms with Crippen molar-refractivity contribution < 1.29 is 4.79 Å². The topological polar surface area (TPSA) is 42.0 Å². The van der Waals surface area contributed by atoms with Crippen molar-refractivity contribution in [2.24, 2.45) is 5.92 Å². The van der Waals surface area contributed by atoms with Gasteiger partial charge in [-0.3, -0.25) is 4.79 Å². The second-order valence-corrected chi connectivity index (χ2v) is 6.69. The van der Waals surface area contributed by atoms with Gasteiger partial charge in [-0.25, -0.2) is 4.98 Å². The van der Waals surface area contributed by atoms with E-state index in [0.717, 1.165) is 35.5 Å². The highest BCUT2D eigenvalue weighted by atomic mass is 32.1. The van der Waals surface area contributed by atoms with Gasteiger partial charge in [-0.2, -0.15) is 0 Å². The van der Waals surface area contributed by atoms with Crippen LogP contribution in [0.3, 0.4) is 0 Å². The maximum Gasteiger partial charge on any atom is 0.227 e. The summed E-state index contributed by atoms with van der Waals surface area (Å²) in [5, 5.41) is 4.14. The first-order chi connectivity index (χ1) is 9.61. The van der Waals surface area contributed by atoms with E-state index in [9.17, 15) is 4.79 Å². The predicted octanol–water partition coefficient (Wildman–Crippen LogP) is 3.50. The zero-order chi connectivity index (χ0) is 14.1. The summed E-state index contributed by atoms with van der Waals surface area (Å²) in [6.07, 6.45) is 2.65. The van der Waals surface area contributed by atoms with Gasteiger partial charge in [0.25, 0.3) is 0 Å². The van der Waals surface area contributed by atoms with Gasteiger partial charge in [-0.1, -0.05) is 12.1 Å². The van der Waals surface area contributed by atoms with Crippen molar-refractivity contribution >= 4 is 22.9 Å². The van der Waals surface area contributed by atoms with Gasteiger partial charge in [-0.05, 0) is 50.8 Å². The molecule has 1 amide bonds. The molecule has 1 aromatic carbocycles. The van der Waals surface area contributed by atoms with Crippen molar-refractivity contribution in [2.45, 2.75) is 33.1 Å². The van der Waals surface area contributed by atoms with Gasteiger partial charge < -0.3 is 5.32 Å². The Morgan fingerprint density at radius 3 is 3.05 bits per heavy atom. The van der Waals surface area contributed by atoms with Crippen molar-refractivity contribution in [1.29, 1.82) is 0 Å². The van der Waals surface area contributed by atoms with Crippen LogP contribution in [0.4, 0.5) is 5.69 Å². The molecule has 2 aromatic rings. The summed E-state index contributed by atoms with van der Waals surface area (Å²) in [7, 11) is 0. The molecule has 1 heterocycles. The van der Waals surface area contributed by atoms with E-state index >= 15 is 0 Å². The molecule has 1 aliphatic carbocycles. The van der Waals surface area contributed by atoms with Crippen LogP contribution < -0.4 is 5.32 Å². The number of thiazole rings is 1. The molecular formula is C16H18N2OS. The second kappa shape index (κ2) is 5.37. The molecule has 20 heavy (non-hydrogen) atoms. The van der Waals surface area contributed by atoms with Crippen LogP contribution in [0.5, 0.6) is 0 Å². The maximum atomic E-state index is 12.4. The molecule has 1 aliphatic rings. The maximum absolute atomic E-state index is 12.4. The molecule has 1 aromatic heterocycles. The molecule has 1 unspecified atom stereocenters. The minimum absolute atomic E-state index is 0.0721. The highest BCUT2D eigenvalue weighted by Crippen LogP contribution is 2.30. The van der Waals surface area contributed by atoms with Crippen LogP contribution in [0.1, 0.15) is 27.6 Å². The van der Waals surface area contributed by atoms with Crippen LogP contribution in [0.15, 0.2) is 24.3 Å². The quantitative estimate of drug-likeness (QED) is 0.918. The summed E-state index contributed by atoms with van der Waals surface area (Å²) in [4.78, 5) is 18.2. The molecule has 3 rings (SSSR count). The molecular weight excluding hydrogens is 268 g/mol. The fraction of sp³-hybridized carbons (Fsp3) is 0.375. The molecule has 0 bridgehead atoms. The number of benzene rings is 1. The minimum Gasteiger partial charge on any atom is -0.326 e. The van der Waals surface area contributed by atoms with Crippen LogP contribution in [0.2, 0.25) is 0 Å². The average molecular weight is 286 g/mol.